The Morgan fingerprint density at radius 1 is 1.21 bits per heavy atom. The molecule has 0 saturated heterocycles. The minimum absolute atomic E-state index is 0.0591. The first-order valence-corrected chi connectivity index (χ1v) is 8.53. The Bertz CT molecular complexity index is 468. The van der Waals surface area contributed by atoms with Gasteiger partial charge in [0, 0.05) is 18.1 Å². The average molecular weight is 285 g/mol. The van der Waals surface area contributed by atoms with Gasteiger partial charge in [-0.3, -0.25) is 0 Å². The van der Waals surface area contributed by atoms with Crippen LogP contribution in [-0.4, -0.2) is 33.6 Å². The highest BCUT2D eigenvalue weighted by atomic mass is 32.2. The van der Waals surface area contributed by atoms with E-state index in [4.69, 9.17) is 10.5 Å². The Morgan fingerprint density at radius 3 is 2.37 bits per heavy atom. The summed E-state index contributed by atoms with van der Waals surface area (Å²) < 4.78 is 27.1. The quantitative estimate of drug-likeness (QED) is 0.790. The van der Waals surface area contributed by atoms with E-state index in [0.29, 0.717) is 6.42 Å². The second kappa shape index (κ2) is 7.50. The fourth-order valence-electron chi connectivity index (χ4n) is 1.90. The number of nitrogens with two attached hydrogens (primary N) is 1. The van der Waals surface area contributed by atoms with Crippen LogP contribution in [0.3, 0.4) is 0 Å². The second-order valence-electron chi connectivity index (χ2n) is 4.92. The molecule has 0 radical (unpaired) electrons. The van der Waals surface area contributed by atoms with E-state index in [9.17, 15) is 8.42 Å². The Morgan fingerprint density at radius 2 is 1.84 bits per heavy atom. The summed E-state index contributed by atoms with van der Waals surface area (Å²) in [5.41, 5.74) is 7.21. The third-order valence-electron chi connectivity index (χ3n) is 3.05. The van der Waals surface area contributed by atoms with Crippen molar-refractivity contribution in [1.29, 1.82) is 0 Å². The van der Waals surface area contributed by atoms with Crippen molar-refractivity contribution in [3.8, 4) is 5.75 Å². The van der Waals surface area contributed by atoms with Crippen molar-refractivity contribution in [2.24, 2.45) is 5.73 Å². The highest BCUT2D eigenvalue weighted by Gasteiger charge is 2.07. The van der Waals surface area contributed by atoms with Gasteiger partial charge in [-0.15, -0.1) is 0 Å². The first-order valence-electron chi connectivity index (χ1n) is 6.47. The van der Waals surface area contributed by atoms with E-state index < -0.39 is 9.84 Å². The average Bonchev–Trinajstić information content (AvgIpc) is 2.35. The van der Waals surface area contributed by atoms with Crippen LogP contribution in [0.4, 0.5) is 0 Å². The molecule has 0 spiro atoms. The first kappa shape index (κ1) is 16.0. The van der Waals surface area contributed by atoms with Gasteiger partial charge in [0.2, 0.25) is 0 Å². The van der Waals surface area contributed by atoms with Gasteiger partial charge in [0.05, 0.1) is 7.11 Å². The molecule has 0 aromatic heterocycles. The van der Waals surface area contributed by atoms with E-state index in [-0.39, 0.29) is 11.8 Å². The van der Waals surface area contributed by atoms with Gasteiger partial charge in [0.25, 0.3) is 0 Å². The van der Waals surface area contributed by atoms with Crippen molar-refractivity contribution in [2.75, 3.05) is 19.1 Å². The zero-order valence-corrected chi connectivity index (χ0v) is 12.4. The van der Waals surface area contributed by atoms with Crippen molar-refractivity contribution >= 4 is 9.84 Å². The maximum absolute atomic E-state index is 11.0. The number of benzene rings is 1. The molecule has 0 amide bonds. The van der Waals surface area contributed by atoms with Crippen LogP contribution >= 0.6 is 0 Å². The lowest BCUT2D eigenvalue weighted by Crippen LogP contribution is -2.21. The standard InChI is InChI=1S/C14H23NO3S/c1-18-14-9-6-12(7-10-14)5-8-13(15)4-3-11-19(2,16)17/h6-7,9-10,13H,3-5,8,11,15H2,1-2H3. The van der Waals surface area contributed by atoms with Crippen LogP contribution in [0.2, 0.25) is 0 Å². The zero-order chi connectivity index (χ0) is 14.3. The van der Waals surface area contributed by atoms with Crippen molar-refractivity contribution in [3.05, 3.63) is 29.8 Å². The van der Waals surface area contributed by atoms with Crippen LogP contribution in [0.5, 0.6) is 5.75 Å². The molecule has 1 unspecified atom stereocenters. The van der Waals surface area contributed by atoms with E-state index in [1.54, 1.807) is 7.11 Å². The molecule has 0 fully saturated rings. The Kier molecular flexibility index (Phi) is 6.31. The van der Waals surface area contributed by atoms with Gasteiger partial charge in [-0.25, -0.2) is 8.42 Å². The third kappa shape index (κ3) is 7.18. The summed E-state index contributed by atoms with van der Waals surface area (Å²) >= 11 is 0. The molecule has 0 aliphatic carbocycles. The number of rotatable bonds is 8. The summed E-state index contributed by atoms with van der Waals surface area (Å²) in [4.78, 5) is 0. The Hall–Kier alpha value is -1.07. The predicted octanol–water partition coefficient (Wildman–Crippen LogP) is 1.78. The van der Waals surface area contributed by atoms with Gasteiger partial charge in [0.1, 0.15) is 15.6 Å². The smallest absolute Gasteiger partial charge is 0.147 e. The van der Waals surface area contributed by atoms with E-state index in [0.717, 1.165) is 25.0 Å². The van der Waals surface area contributed by atoms with E-state index >= 15 is 0 Å². The van der Waals surface area contributed by atoms with Crippen LogP contribution < -0.4 is 10.5 Å². The number of hydrogen-bond acceptors (Lipinski definition) is 4. The Balaban J connectivity index is 2.27. The van der Waals surface area contributed by atoms with Gasteiger partial charge >= 0.3 is 0 Å². The molecule has 1 rings (SSSR count). The molecule has 4 nitrogen and oxygen atoms in total. The maximum Gasteiger partial charge on any atom is 0.147 e. The van der Waals surface area contributed by atoms with Crippen LogP contribution in [0.15, 0.2) is 24.3 Å². The molecule has 19 heavy (non-hydrogen) atoms. The van der Waals surface area contributed by atoms with Gasteiger partial charge < -0.3 is 10.5 Å². The topological polar surface area (TPSA) is 69.4 Å². The van der Waals surface area contributed by atoms with Gasteiger partial charge in [-0.2, -0.15) is 0 Å². The summed E-state index contributed by atoms with van der Waals surface area (Å²) in [5.74, 6) is 1.07. The molecule has 108 valence electrons. The number of sulfone groups is 1. The van der Waals surface area contributed by atoms with Crippen molar-refractivity contribution < 1.29 is 13.2 Å². The number of hydrogen-bond donors (Lipinski definition) is 1. The largest absolute Gasteiger partial charge is 0.497 e. The van der Waals surface area contributed by atoms with Crippen LogP contribution in [0, 0.1) is 0 Å². The van der Waals surface area contributed by atoms with Crippen LogP contribution in [-0.2, 0) is 16.3 Å². The molecule has 0 bridgehead atoms. The van der Waals surface area contributed by atoms with Crippen LogP contribution in [0.1, 0.15) is 24.8 Å². The van der Waals surface area contributed by atoms with Gasteiger partial charge in [0.15, 0.2) is 0 Å². The molecule has 0 aliphatic rings. The molecule has 2 N–H and O–H groups in total. The van der Waals surface area contributed by atoms with E-state index in [2.05, 4.69) is 0 Å². The summed E-state index contributed by atoms with van der Waals surface area (Å²) in [6, 6.07) is 7.99. The number of methoxy groups -OCH3 is 1. The third-order valence-corrected chi connectivity index (χ3v) is 4.08. The normalized spacial score (nSPS) is 13.2. The lowest BCUT2D eigenvalue weighted by atomic mass is 10.0. The minimum atomic E-state index is -2.86. The van der Waals surface area contributed by atoms with Crippen molar-refractivity contribution in [3.63, 3.8) is 0 Å². The van der Waals surface area contributed by atoms with E-state index in [1.165, 1.54) is 11.8 Å². The Labute approximate surface area is 115 Å². The summed E-state index contributed by atoms with van der Waals surface area (Å²) in [6.07, 6.45) is 4.43. The SMILES string of the molecule is COc1ccc(CCC(N)CCCS(C)(=O)=O)cc1. The van der Waals surface area contributed by atoms with E-state index in [1.807, 2.05) is 24.3 Å². The molecular formula is C14H23NO3S. The summed E-state index contributed by atoms with van der Waals surface area (Å²) in [7, 11) is -1.22. The molecular weight excluding hydrogens is 262 g/mol. The molecule has 0 heterocycles. The fraction of sp³-hybridized carbons (Fsp3) is 0.571. The second-order valence-corrected chi connectivity index (χ2v) is 7.18. The molecule has 5 heteroatoms. The predicted molar refractivity (Wildman–Crippen MR) is 78.2 cm³/mol. The molecule has 0 saturated carbocycles. The summed E-state index contributed by atoms with van der Waals surface area (Å²) in [6.45, 7) is 0. The molecule has 1 aromatic carbocycles. The van der Waals surface area contributed by atoms with Gasteiger partial charge in [-0.05, 0) is 43.4 Å². The summed E-state index contributed by atoms with van der Waals surface area (Å²) in [5, 5.41) is 0. The highest BCUT2D eigenvalue weighted by molar-refractivity contribution is 7.90. The molecule has 1 atom stereocenters. The molecule has 0 aliphatic heterocycles. The lowest BCUT2D eigenvalue weighted by molar-refractivity contribution is 0.414. The maximum atomic E-state index is 11.0. The highest BCUT2D eigenvalue weighted by Crippen LogP contribution is 2.13. The zero-order valence-electron chi connectivity index (χ0n) is 11.6. The van der Waals surface area contributed by atoms with Crippen molar-refractivity contribution in [1.82, 2.24) is 0 Å². The molecule has 1 aromatic rings. The lowest BCUT2D eigenvalue weighted by Gasteiger charge is -2.11. The first-order chi connectivity index (χ1) is 8.90. The minimum Gasteiger partial charge on any atom is -0.497 e. The van der Waals surface area contributed by atoms with Crippen LogP contribution in [0.25, 0.3) is 0 Å². The monoisotopic (exact) mass is 285 g/mol. The number of ether oxygens (including phenoxy) is 1. The van der Waals surface area contributed by atoms with Gasteiger partial charge in [-0.1, -0.05) is 12.1 Å². The number of aryl methyl sites for hydroxylation is 1. The fourth-order valence-corrected chi connectivity index (χ4v) is 2.59. The van der Waals surface area contributed by atoms with Crippen molar-refractivity contribution in [2.45, 2.75) is 31.7 Å².